The molecule has 0 aliphatic carbocycles. The summed E-state index contributed by atoms with van der Waals surface area (Å²) in [6, 6.07) is 9.43. The third kappa shape index (κ3) is 3.62. The van der Waals surface area contributed by atoms with Crippen molar-refractivity contribution in [2.24, 2.45) is 0 Å². The number of hydrogen-bond donors (Lipinski definition) is 2. The number of hydrogen-bond acceptors (Lipinski definition) is 3. The average molecular weight is 245 g/mol. The van der Waals surface area contributed by atoms with Crippen molar-refractivity contribution >= 4 is 11.7 Å². The van der Waals surface area contributed by atoms with Crippen LogP contribution in [0.1, 0.15) is 12.0 Å². The van der Waals surface area contributed by atoms with E-state index in [9.17, 15) is 4.79 Å². The van der Waals surface area contributed by atoms with Gasteiger partial charge in [-0.05, 0) is 24.6 Å². The van der Waals surface area contributed by atoms with Crippen LogP contribution in [0, 0.1) is 6.92 Å². The zero-order valence-corrected chi connectivity index (χ0v) is 10.1. The van der Waals surface area contributed by atoms with Gasteiger partial charge in [-0.2, -0.15) is 5.10 Å². The number of nitrogens with zero attached hydrogens (tertiary/aromatic N) is 1. The summed E-state index contributed by atoms with van der Waals surface area (Å²) < 4.78 is 5.49. The van der Waals surface area contributed by atoms with Crippen LogP contribution in [-0.4, -0.2) is 22.7 Å². The van der Waals surface area contributed by atoms with Gasteiger partial charge in [0, 0.05) is 6.07 Å². The second kappa shape index (κ2) is 5.86. The van der Waals surface area contributed by atoms with Crippen molar-refractivity contribution in [3.05, 3.63) is 42.1 Å². The highest BCUT2D eigenvalue weighted by Gasteiger charge is 2.03. The second-order valence-corrected chi connectivity index (χ2v) is 3.93. The predicted molar refractivity (Wildman–Crippen MR) is 68.5 cm³/mol. The van der Waals surface area contributed by atoms with Gasteiger partial charge in [-0.15, -0.1) is 0 Å². The Hall–Kier alpha value is -2.30. The van der Waals surface area contributed by atoms with Crippen LogP contribution in [0.25, 0.3) is 0 Å². The molecule has 1 amide bonds. The molecular formula is C13H15N3O2. The number of carbonyl (C=O) groups is 1. The highest BCUT2D eigenvalue weighted by molar-refractivity contribution is 5.89. The maximum atomic E-state index is 11.5. The predicted octanol–water partition coefficient (Wildman–Crippen LogP) is 2.13. The molecule has 1 aromatic carbocycles. The van der Waals surface area contributed by atoms with Crippen LogP contribution in [0.5, 0.6) is 5.75 Å². The van der Waals surface area contributed by atoms with Crippen LogP contribution >= 0.6 is 0 Å². The van der Waals surface area contributed by atoms with Gasteiger partial charge in [0.25, 0.3) is 0 Å². The number of amides is 1. The van der Waals surface area contributed by atoms with E-state index in [2.05, 4.69) is 15.5 Å². The number of aromatic amines is 1. The van der Waals surface area contributed by atoms with Crippen LogP contribution in [0.15, 0.2) is 36.5 Å². The van der Waals surface area contributed by atoms with Crippen molar-refractivity contribution in [3.63, 3.8) is 0 Å². The summed E-state index contributed by atoms with van der Waals surface area (Å²) in [5, 5.41) is 9.09. The molecule has 0 aliphatic heterocycles. The minimum absolute atomic E-state index is 0.105. The fourth-order valence-corrected chi connectivity index (χ4v) is 1.50. The fourth-order valence-electron chi connectivity index (χ4n) is 1.50. The number of carbonyl (C=O) groups excluding carboxylic acids is 1. The zero-order chi connectivity index (χ0) is 12.8. The summed E-state index contributed by atoms with van der Waals surface area (Å²) in [6.45, 7) is 2.35. The van der Waals surface area contributed by atoms with E-state index in [0.717, 1.165) is 11.3 Å². The molecule has 5 nitrogen and oxygen atoms in total. The fraction of sp³-hybridized carbons (Fsp3) is 0.231. The largest absolute Gasteiger partial charge is 0.493 e. The van der Waals surface area contributed by atoms with E-state index < -0.39 is 0 Å². The first-order valence-electron chi connectivity index (χ1n) is 5.73. The Bertz CT molecular complexity index is 509. The first kappa shape index (κ1) is 12.2. The second-order valence-electron chi connectivity index (χ2n) is 3.93. The van der Waals surface area contributed by atoms with Gasteiger partial charge in [0.1, 0.15) is 11.6 Å². The molecule has 0 saturated heterocycles. The number of aromatic nitrogens is 2. The summed E-state index contributed by atoms with van der Waals surface area (Å²) in [5.74, 6) is 1.27. The Balaban J connectivity index is 1.73. The van der Waals surface area contributed by atoms with Crippen LogP contribution in [-0.2, 0) is 4.79 Å². The van der Waals surface area contributed by atoms with Crippen LogP contribution in [0.2, 0.25) is 0 Å². The summed E-state index contributed by atoms with van der Waals surface area (Å²) in [6.07, 6.45) is 1.88. The molecule has 18 heavy (non-hydrogen) atoms. The molecule has 94 valence electrons. The van der Waals surface area contributed by atoms with E-state index in [4.69, 9.17) is 4.74 Å². The minimum Gasteiger partial charge on any atom is -0.493 e. The van der Waals surface area contributed by atoms with E-state index in [-0.39, 0.29) is 5.91 Å². The van der Waals surface area contributed by atoms with Gasteiger partial charge in [0.05, 0.1) is 19.2 Å². The SMILES string of the molecule is Cc1cccc(OCCC(=O)Nc2ccn[nH]2)c1. The maximum Gasteiger partial charge on any atom is 0.228 e. The van der Waals surface area contributed by atoms with Crippen molar-refractivity contribution in [3.8, 4) is 5.75 Å². The highest BCUT2D eigenvalue weighted by Crippen LogP contribution is 2.12. The first-order valence-corrected chi connectivity index (χ1v) is 5.73. The van der Waals surface area contributed by atoms with E-state index in [1.54, 1.807) is 12.3 Å². The van der Waals surface area contributed by atoms with Gasteiger partial charge in [-0.3, -0.25) is 9.89 Å². The summed E-state index contributed by atoms with van der Waals surface area (Å²) >= 11 is 0. The Kier molecular flexibility index (Phi) is 3.96. The number of anilines is 1. The lowest BCUT2D eigenvalue weighted by molar-refractivity contribution is -0.116. The molecule has 0 radical (unpaired) electrons. The lowest BCUT2D eigenvalue weighted by atomic mass is 10.2. The number of H-pyrrole nitrogens is 1. The summed E-state index contributed by atoms with van der Waals surface area (Å²) in [5.41, 5.74) is 1.13. The lowest BCUT2D eigenvalue weighted by Gasteiger charge is -2.06. The molecule has 5 heteroatoms. The molecule has 0 atom stereocenters. The highest BCUT2D eigenvalue weighted by atomic mass is 16.5. The van der Waals surface area contributed by atoms with Crippen LogP contribution in [0.4, 0.5) is 5.82 Å². The molecule has 2 rings (SSSR count). The molecule has 2 aromatic rings. The van der Waals surface area contributed by atoms with Gasteiger partial charge in [-0.25, -0.2) is 0 Å². The molecule has 0 fully saturated rings. The van der Waals surface area contributed by atoms with Crippen molar-refractivity contribution < 1.29 is 9.53 Å². The van der Waals surface area contributed by atoms with Gasteiger partial charge < -0.3 is 10.1 Å². The van der Waals surface area contributed by atoms with Crippen molar-refractivity contribution in [2.75, 3.05) is 11.9 Å². The quantitative estimate of drug-likeness (QED) is 0.848. The number of ether oxygens (including phenoxy) is 1. The van der Waals surface area contributed by atoms with Gasteiger partial charge in [0.2, 0.25) is 5.91 Å². The standard InChI is InChI=1S/C13H15N3O2/c1-10-3-2-4-11(9-10)18-8-6-13(17)15-12-5-7-14-16-12/h2-5,7,9H,6,8H2,1H3,(H2,14,15,16,17). The molecule has 2 N–H and O–H groups in total. The lowest BCUT2D eigenvalue weighted by Crippen LogP contribution is -2.15. The van der Waals surface area contributed by atoms with Crippen molar-refractivity contribution in [2.45, 2.75) is 13.3 Å². The molecule has 1 aromatic heterocycles. The third-order valence-electron chi connectivity index (χ3n) is 2.36. The van der Waals surface area contributed by atoms with E-state index in [0.29, 0.717) is 18.8 Å². The van der Waals surface area contributed by atoms with Gasteiger partial charge >= 0.3 is 0 Å². The summed E-state index contributed by atoms with van der Waals surface area (Å²) in [4.78, 5) is 11.5. The number of aryl methyl sites for hydroxylation is 1. The first-order chi connectivity index (χ1) is 8.74. The molecule has 0 aliphatic rings. The Morgan fingerprint density at radius 2 is 2.33 bits per heavy atom. The number of benzene rings is 1. The van der Waals surface area contributed by atoms with Gasteiger partial charge in [0.15, 0.2) is 0 Å². The Labute approximate surface area is 105 Å². The smallest absolute Gasteiger partial charge is 0.228 e. The van der Waals surface area contributed by atoms with E-state index in [1.807, 2.05) is 31.2 Å². The number of nitrogens with one attached hydrogen (secondary N) is 2. The van der Waals surface area contributed by atoms with Crippen molar-refractivity contribution in [1.29, 1.82) is 0 Å². The average Bonchev–Trinajstić information content (AvgIpc) is 2.82. The normalized spacial score (nSPS) is 10.1. The van der Waals surface area contributed by atoms with E-state index in [1.165, 1.54) is 0 Å². The molecule has 1 heterocycles. The number of rotatable bonds is 5. The molecule has 0 unspecified atom stereocenters. The topological polar surface area (TPSA) is 67.0 Å². The van der Waals surface area contributed by atoms with E-state index >= 15 is 0 Å². The molecule has 0 spiro atoms. The summed E-state index contributed by atoms with van der Waals surface area (Å²) in [7, 11) is 0. The Morgan fingerprint density at radius 3 is 3.06 bits per heavy atom. The minimum atomic E-state index is -0.105. The Morgan fingerprint density at radius 1 is 1.44 bits per heavy atom. The zero-order valence-electron chi connectivity index (χ0n) is 10.1. The molecular weight excluding hydrogens is 230 g/mol. The third-order valence-corrected chi connectivity index (χ3v) is 2.36. The molecule has 0 saturated carbocycles. The van der Waals surface area contributed by atoms with Crippen molar-refractivity contribution in [1.82, 2.24) is 10.2 Å². The monoisotopic (exact) mass is 245 g/mol. The molecule has 0 bridgehead atoms. The van der Waals surface area contributed by atoms with Gasteiger partial charge in [-0.1, -0.05) is 12.1 Å². The van der Waals surface area contributed by atoms with Crippen LogP contribution in [0.3, 0.4) is 0 Å². The van der Waals surface area contributed by atoms with Crippen LogP contribution < -0.4 is 10.1 Å². The maximum absolute atomic E-state index is 11.5.